The van der Waals surface area contributed by atoms with Gasteiger partial charge >= 0.3 is 5.97 Å². The van der Waals surface area contributed by atoms with Gasteiger partial charge in [0.2, 0.25) is 5.91 Å². The van der Waals surface area contributed by atoms with Crippen molar-refractivity contribution in [3.05, 3.63) is 23.9 Å². The van der Waals surface area contributed by atoms with Crippen molar-refractivity contribution in [1.82, 2.24) is 9.88 Å². The van der Waals surface area contributed by atoms with E-state index in [0.29, 0.717) is 16.7 Å². The second-order valence-electron chi connectivity index (χ2n) is 5.04. The molecule has 0 spiro atoms. The quantitative estimate of drug-likeness (QED) is 0.861. The largest absolute Gasteiger partial charge is 0.478 e. The van der Waals surface area contributed by atoms with Gasteiger partial charge in [0.15, 0.2) is 0 Å². The number of carbonyl (C=O) groups excluding carboxylic acids is 1. The molecular weight excluding hydrogens is 276 g/mol. The molecule has 0 unspecified atom stereocenters. The number of rotatable bonds is 4. The molecule has 2 rings (SSSR count). The second kappa shape index (κ2) is 6.74. The summed E-state index contributed by atoms with van der Waals surface area (Å²) >= 11 is 1.29. The first-order valence-corrected chi connectivity index (χ1v) is 7.64. The predicted octanol–water partition coefficient (Wildman–Crippen LogP) is 2.13. The summed E-state index contributed by atoms with van der Waals surface area (Å²) in [6.45, 7) is 3.85. The molecular formula is C14H18N2O3S. The Kier molecular flexibility index (Phi) is 5.00. The smallest absolute Gasteiger partial charge is 0.335 e. The monoisotopic (exact) mass is 294 g/mol. The number of carboxylic acids is 1. The molecule has 1 saturated heterocycles. The van der Waals surface area contributed by atoms with Crippen LogP contribution in [0.25, 0.3) is 0 Å². The number of carboxylic acid groups (broad SMARTS) is 1. The third-order valence-electron chi connectivity index (χ3n) is 3.46. The standard InChI is InChI=1S/C14H18N2O3S/c1-10-3-6-16(7-4-10)13(17)9-20-12-8-11(14(18)19)2-5-15-12/h2,5,8,10H,3-4,6-7,9H2,1H3,(H,18,19). The first kappa shape index (κ1) is 14.8. The Morgan fingerprint density at radius 1 is 1.45 bits per heavy atom. The molecule has 6 heteroatoms. The minimum atomic E-state index is -0.981. The Labute approximate surface area is 122 Å². The first-order valence-electron chi connectivity index (χ1n) is 6.66. The van der Waals surface area contributed by atoms with Crippen molar-refractivity contribution in [3.8, 4) is 0 Å². The molecule has 1 aromatic rings. The second-order valence-corrected chi connectivity index (χ2v) is 6.04. The summed E-state index contributed by atoms with van der Waals surface area (Å²) in [6.07, 6.45) is 3.57. The fourth-order valence-corrected chi connectivity index (χ4v) is 2.91. The third kappa shape index (κ3) is 3.96. The van der Waals surface area contributed by atoms with Gasteiger partial charge in [-0.3, -0.25) is 4.79 Å². The highest BCUT2D eigenvalue weighted by molar-refractivity contribution is 7.99. The van der Waals surface area contributed by atoms with Gasteiger partial charge in [-0.25, -0.2) is 9.78 Å². The van der Waals surface area contributed by atoms with Crippen LogP contribution in [0.2, 0.25) is 0 Å². The van der Waals surface area contributed by atoms with Crippen LogP contribution < -0.4 is 0 Å². The lowest BCUT2D eigenvalue weighted by Crippen LogP contribution is -2.38. The number of pyridine rings is 1. The molecule has 108 valence electrons. The highest BCUT2D eigenvalue weighted by atomic mass is 32.2. The van der Waals surface area contributed by atoms with E-state index < -0.39 is 5.97 Å². The fourth-order valence-electron chi connectivity index (χ4n) is 2.11. The Bertz CT molecular complexity index is 499. The van der Waals surface area contributed by atoms with Crippen molar-refractivity contribution in [2.75, 3.05) is 18.8 Å². The number of nitrogens with zero attached hydrogens (tertiary/aromatic N) is 2. The predicted molar refractivity (Wildman–Crippen MR) is 76.9 cm³/mol. The number of aromatic carboxylic acids is 1. The molecule has 0 radical (unpaired) electrons. The van der Waals surface area contributed by atoms with Gasteiger partial charge in [-0.05, 0) is 30.9 Å². The molecule has 1 aliphatic rings. The number of carbonyl (C=O) groups is 2. The molecule has 1 amide bonds. The highest BCUT2D eigenvalue weighted by Crippen LogP contribution is 2.20. The van der Waals surface area contributed by atoms with Crippen molar-refractivity contribution in [3.63, 3.8) is 0 Å². The number of thioether (sulfide) groups is 1. The summed E-state index contributed by atoms with van der Waals surface area (Å²) in [7, 11) is 0. The van der Waals surface area contributed by atoms with Crippen molar-refractivity contribution in [2.45, 2.75) is 24.8 Å². The van der Waals surface area contributed by atoms with Crippen molar-refractivity contribution in [2.24, 2.45) is 5.92 Å². The molecule has 0 atom stereocenters. The Morgan fingerprint density at radius 2 is 2.15 bits per heavy atom. The van der Waals surface area contributed by atoms with E-state index in [2.05, 4.69) is 11.9 Å². The van der Waals surface area contributed by atoms with Gasteiger partial charge in [-0.2, -0.15) is 0 Å². The Balaban J connectivity index is 1.87. The normalized spacial score (nSPS) is 16.1. The van der Waals surface area contributed by atoms with Gasteiger partial charge in [0.05, 0.1) is 16.3 Å². The maximum absolute atomic E-state index is 12.1. The average Bonchev–Trinajstić information content (AvgIpc) is 2.46. The van der Waals surface area contributed by atoms with Crippen LogP contribution in [0.1, 0.15) is 30.1 Å². The average molecular weight is 294 g/mol. The molecule has 1 aliphatic heterocycles. The van der Waals surface area contributed by atoms with Gasteiger partial charge in [0.25, 0.3) is 0 Å². The van der Waals surface area contributed by atoms with Crippen LogP contribution in [0, 0.1) is 5.92 Å². The molecule has 1 N–H and O–H groups in total. The van der Waals surface area contributed by atoms with E-state index in [1.165, 1.54) is 30.1 Å². The summed E-state index contributed by atoms with van der Waals surface area (Å²) in [4.78, 5) is 28.9. The summed E-state index contributed by atoms with van der Waals surface area (Å²) in [5.41, 5.74) is 0.196. The zero-order chi connectivity index (χ0) is 14.5. The molecule has 20 heavy (non-hydrogen) atoms. The fraction of sp³-hybridized carbons (Fsp3) is 0.500. The van der Waals surface area contributed by atoms with Crippen LogP contribution in [0.15, 0.2) is 23.4 Å². The molecule has 0 saturated carbocycles. The molecule has 0 bridgehead atoms. The van der Waals surface area contributed by atoms with Crippen LogP contribution in [-0.2, 0) is 4.79 Å². The molecule has 2 heterocycles. The van der Waals surface area contributed by atoms with Gasteiger partial charge in [0.1, 0.15) is 0 Å². The summed E-state index contributed by atoms with van der Waals surface area (Å²) in [5.74, 6) is 0.125. The zero-order valence-corrected chi connectivity index (χ0v) is 12.2. The maximum atomic E-state index is 12.1. The van der Waals surface area contributed by atoms with Crippen molar-refractivity contribution in [1.29, 1.82) is 0 Å². The lowest BCUT2D eigenvalue weighted by atomic mass is 9.99. The lowest BCUT2D eigenvalue weighted by Gasteiger charge is -2.30. The van der Waals surface area contributed by atoms with E-state index in [1.807, 2.05) is 4.90 Å². The summed E-state index contributed by atoms with van der Waals surface area (Å²) in [6, 6.07) is 2.94. The Morgan fingerprint density at radius 3 is 2.80 bits per heavy atom. The summed E-state index contributed by atoms with van der Waals surface area (Å²) in [5, 5.41) is 9.48. The molecule has 5 nitrogen and oxygen atoms in total. The third-order valence-corrected chi connectivity index (χ3v) is 4.37. The maximum Gasteiger partial charge on any atom is 0.335 e. The van der Waals surface area contributed by atoms with E-state index in [4.69, 9.17) is 5.11 Å². The van der Waals surface area contributed by atoms with Crippen LogP contribution in [0.4, 0.5) is 0 Å². The van der Waals surface area contributed by atoms with E-state index in [1.54, 1.807) is 0 Å². The first-order chi connectivity index (χ1) is 9.56. The highest BCUT2D eigenvalue weighted by Gasteiger charge is 2.20. The lowest BCUT2D eigenvalue weighted by molar-refractivity contribution is -0.129. The molecule has 0 aromatic carbocycles. The van der Waals surface area contributed by atoms with E-state index >= 15 is 0 Å². The van der Waals surface area contributed by atoms with Crippen LogP contribution in [0.5, 0.6) is 0 Å². The molecule has 1 aromatic heterocycles. The number of likely N-dealkylation sites (tertiary alicyclic amines) is 1. The van der Waals surface area contributed by atoms with Crippen molar-refractivity contribution >= 4 is 23.6 Å². The molecule has 1 fully saturated rings. The van der Waals surface area contributed by atoms with Gasteiger partial charge in [-0.15, -0.1) is 0 Å². The zero-order valence-electron chi connectivity index (χ0n) is 11.4. The topological polar surface area (TPSA) is 70.5 Å². The minimum absolute atomic E-state index is 0.101. The number of amides is 1. The van der Waals surface area contributed by atoms with E-state index in [9.17, 15) is 9.59 Å². The van der Waals surface area contributed by atoms with Crippen molar-refractivity contribution < 1.29 is 14.7 Å². The Hall–Kier alpha value is -1.56. The number of piperidine rings is 1. The van der Waals surface area contributed by atoms with Gasteiger partial charge in [0, 0.05) is 19.3 Å². The van der Waals surface area contributed by atoms with Crippen LogP contribution in [-0.4, -0.2) is 45.7 Å². The SMILES string of the molecule is CC1CCN(C(=O)CSc2cc(C(=O)O)ccn2)CC1. The minimum Gasteiger partial charge on any atom is -0.478 e. The number of hydrogen-bond acceptors (Lipinski definition) is 4. The number of aromatic nitrogens is 1. The van der Waals surface area contributed by atoms with E-state index in [0.717, 1.165) is 25.9 Å². The van der Waals surface area contributed by atoms with Gasteiger partial charge < -0.3 is 10.0 Å². The summed E-state index contributed by atoms with van der Waals surface area (Å²) < 4.78 is 0. The molecule has 0 aliphatic carbocycles. The number of hydrogen-bond donors (Lipinski definition) is 1. The van der Waals surface area contributed by atoms with Gasteiger partial charge in [-0.1, -0.05) is 18.7 Å². The van der Waals surface area contributed by atoms with Crippen LogP contribution >= 0.6 is 11.8 Å². The van der Waals surface area contributed by atoms with E-state index in [-0.39, 0.29) is 11.5 Å². The van der Waals surface area contributed by atoms with Crippen LogP contribution in [0.3, 0.4) is 0 Å².